The molecule has 1 atom stereocenters. The summed E-state index contributed by atoms with van der Waals surface area (Å²) >= 11 is 12.5. The van der Waals surface area contributed by atoms with Gasteiger partial charge in [-0.25, -0.2) is 0 Å². The number of nitrogen functional groups attached to an aromatic ring is 1. The fourth-order valence-corrected chi connectivity index (χ4v) is 5.19. The Morgan fingerprint density at radius 2 is 1.87 bits per heavy atom. The number of hydrogen-bond donors (Lipinski definition) is 3. The number of ether oxygens (including phenoxy) is 1. The van der Waals surface area contributed by atoms with E-state index in [9.17, 15) is 0 Å². The second kappa shape index (κ2) is 10.5. The van der Waals surface area contributed by atoms with Gasteiger partial charge in [0.15, 0.2) is 5.82 Å². The smallest absolute Gasteiger partial charge is 0.151 e. The molecule has 0 amide bonds. The van der Waals surface area contributed by atoms with Crippen LogP contribution in [0.3, 0.4) is 0 Å². The van der Waals surface area contributed by atoms with Gasteiger partial charge >= 0.3 is 0 Å². The Labute approximate surface area is 230 Å². The predicted molar refractivity (Wildman–Crippen MR) is 149 cm³/mol. The van der Waals surface area contributed by atoms with E-state index in [1.165, 1.54) is 12.4 Å². The summed E-state index contributed by atoms with van der Waals surface area (Å²) < 4.78 is 6.07. The molecule has 38 heavy (non-hydrogen) atoms. The Kier molecular flexibility index (Phi) is 7.16. The third-order valence-electron chi connectivity index (χ3n) is 6.41. The Morgan fingerprint density at radius 3 is 2.53 bits per heavy atom. The zero-order chi connectivity index (χ0) is 26.9. The van der Waals surface area contributed by atoms with E-state index in [2.05, 4.69) is 25.1 Å². The number of benzene rings is 1. The SMILES string of the molecule is C[C@@H](Oc1ccc(N)c(C(=N)c2ccc(N3CC(N)(Cc4ccccn4)C3)nn2)c1)c1c(Cl)cncc1Cl. The number of rotatable bonds is 8. The quantitative estimate of drug-likeness (QED) is 0.216. The number of halogens is 2. The Morgan fingerprint density at radius 1 is 1.11 bits per heavy atom. The van der Waals surface area contributed by atoms with Gasteiger partial charge in [-0.1, -0.05) is 29.3 Å². The van der Waals surface area contributed by atoms with Crippen molar-refractivity contribution in [3.05, 3.63) is 99.7 Å². The molecule has 1 aromatic carbocycles. The molecule has 0 bridgehead atoms. The maximum absolute atomic E-state index is 8.72. The van der Waals surface area contributed by atoms with Gasteiger partial charge in [-0.2, -0.15) is 0 Å². The van der Waals surface area contributed by atoms with E-state index < -0.39 is 6.10 Å². The molecule has 0 aliphatic carbocycles. The van der Waals surface area contributed by atoms with Crippen molar-refractivity contribution < 1.29 is 4.74 Å². The van der Waals surface area contributed by atoms with Gasteiger partial charge in [-0.3, -0.25) is 15.4 Å². The van der Waals surface area contributed by atoms with Crippen molar-refractivity contribution in [1.82, 2.24) is 20.2 Å². The third kappa shape index (κ3) is 5.40. The molecular weight excluding hydrogens is 523 g/mol. The van der Waals surface area contributed by atoms with E-state index in [0.29, 0.717) is 63.6 Å². The molecule has 1 aliphatic heterocycles. The van der Waals surface area contributed by atoms with Crippen molar-refractivity contribution in [3.63, 3.8) is 0 Å². The molecule has 9 nitrogen and oxygen atoms in total. The fraction of sp³-hybridized carbons (Fsp3) is 0.222. The summed E-state index contributed by atoms with van der Waals surface area (Å²) in [6.45, 7) is 3.12. The molecule has 1 aliphatic rings. The van der Waals surface area contributed by atoms with Gasteiger partial charge in [0.25, 0.3) is 0 Å². The highest BCUT2D eigenvalue weighted by molar-refractivity contribution is 6.35. The summed E-state index contributed by atoms with van der Waals surface area (Å²) in [5.41, 5.74) is 15.4. The van der Waals surface area contributed by atoms with Crippen LogP contribution >= 0.6 is 23.2 Å². The van der Waals surface area contributed by atoms with Crippen molar-refractivity contribution in [1.29, 1.82) is 5.41 Å². The van der Waals surface area contributed by atoms with E-state index in [1.807, 2.05) is 31.2 Å². The summed E-state index contributed by atoms with van der Waals surface area (Å²) in [6, 6.07) is 14.5. The lowest BCUT2D eigenvalue weighted by molar-refractivity contribution is 0.227. The molecule has 5 rings (SSSR count). The van der Waals surface area contributed by atoms with Crippen LogP contribution in [0.2, 0.25) is 10.0 Å². The number of nitrogens with one attached hydrogen (secondary N) is 1. The Balaban J connectivity index is 1.26. The molecule has 1 fully saturated rings. The standard InChI is InChI=1S/C27H26Cl2N8O/c1-16(25-20(28)12-33-13-21(25)29)38-18-5-6-22(30)19(10-18)26(31)23-7-8-24(36-35-23)37-14-27(32,15-37)11-17-4-2-3-9-34-17/h2-10,12-13,16,31H,11,14-15,30,32H2,1H3/t16-/m1/s1. The van der Waals surface area contributed by atoms with E-state index in [-0.39, 0.29) is 11.3 Å². The van der Waals surface area contributed by atoms with Crippen molar-refractivity contribution in [2.75, 3.05) is 23.7 Å². The highest BCUT2D eigenvalue weighted by atomic mass is 35.5. The minimum atomic E-state index is -0.452. The zero-order valence-electron chi connectivity index (χ0n) is 20.6. The first-order valence-electron chi connectivity index (χ1n) is 11.9. The number of aromatic nitrogens is 4. The minimum absolute atomic E-state index is 0.131. The normalized spacial score (nSPS) is 15.0. The molecule has 0 unspecified atom stereocenters. The van der Waals surface area contributed by atoms with Crippen LogP contribution in [0.1, 0.15) is 35.5 Å². The van der Waals surface area contributed by atoms with Gasteiger partial charge in [0.2, 0.25) is 0 Å². The van der Waals surface area contributed by atoms with Crippen LogP contribution in [0.4, 0.5) is 11.5 Å². The van der Waals surface area contributed by atoms with Crippen LogP contribution in [-0.2, 0) is 6.42 Å². The third-order valence-corrected chi connectivity index (χ3v) is 7.01. The molecular formula is C27H26Cl2N8O. The predicted octanol–water partition coefficient (Wildman–Crippen LogP) is 4.47. The Bertz CT molecular complexity index is 1440. The summed E-state index contributed by atoms with van der Waals surface area (Å²) in [5, 5.41) is 18.2. The molecule has 4 aromatic rings. The van der Waals surface area contributed by atoms with E-state index in [1.54, 1.807) is 30.5 Å². The van der Waals surface area contributed by atoms with Crippen molar-refractivity contribution >= 4 is 40.4 Å². The molecule has 0 spiro atoms. The summed E-state index contributed by atoms with van der Waals surface area (Å²) in [5.74, 6) is 1.21. The highest BCUT2D eigenvalue weighted by Crippen LogP contribution is 2.33. The fourth-order valence-electron chi connectivity index (χ4n) is 4.51. The first-order valence-corrected chi connectivity index (χ1v) is 12.7. The molecule has 1 saturated heterocycles. The molecule has 3 aromatic heterocycles. The lowest BCUT2D eigenvalue weighted by atomic mass is 9.86. The lowest BCUT2D eigenvalue weighted by Gasteiger charge is -2.48. The summed E-state index contributed by atoms with van der Waals surface area (Å²) in [4.78, 5) is 10.4. The average molecular weight is 549 g/mol. The van der Waals surface area contributed by atoms with Crippen LogP contribution in [0.15, 0.2) is 67.1 Å². The molecule has 0 radical (unpaired) electrons. The van der Waals surface area contributed by atoms with Gasteiger partial charge in [0.05, 0.1) is 21.3 Å². The Hall–Kier alpha value is -3.79. The summed E-state index contributed by atoms with van der Waals surface area (Å²) in [6.07, 6.45) is 5.05. The second-order valence-electron chi connectivity index (χ2n) is 9.39. The highest BCUT2D eigenvalue weighted by Gasteiger charge is 2.40. The van der Waals surface area contributed by atoms with E-state index in [0.717, 1.165) is 5.69 Å². The van der Waals surface area contributed by atoms with Crippen molar-refractivity contribution in [2.45, 2.75) is 25.0 Å². The van der Waals surface area contributed by atoms with Crippen molar-refractivity contribution in [2.24, 2.45) is 5.73 Å². The van der Waals surface area contributed by atoms with Crippen LogP contribution < -0.4 is 21.1 Å². The number of nitrogens with two attached hydrogens (primary N) is 2. The second-order valence-corrected chi connectivity index (χ2v) is 10.2. The number of hydrogen-bond acceptors (Lipinski definition) is 9. The van der Waals surface area contributed by atoms with Gasteiger partial charge in [0, 0.05) is 60.6 Å². The zero-order valence-corrected chi connectivity index (χ0v) is 22.1. The van der Waals surface area contributed by atoms with Gasteiger partial charge in [-0.15, -0.1) is 10.2 Å². The first kappa shape index (κ1) is 25.8. The first-order chi connectivity index (χ1) is 18.2. The molecule has 194 valence electrons. The molecule has 11 heteroatoms. The lowest BCUT2D eigenvalue weighted by Crippen LogP contribution is -2.69. The summed E-state index contributed by atoms with van der Waals surface area (Å²) in [7, 11) is 0. The molecule has 4 heterocycles. The van der Waals surface area contributed by atoms with Gasteiger partial charge in [-0.05, 0) is 49.4 Å². The molecule has 0 saturated carbocycles. The van der Waals surface area contributed by atoms with Crippen molar-refractivity contribution in [3.8, 4) is 5.75 Å². The van der Waals surface area contributed by atoms with Gasteiger partial charge in [0.1, 0.15) is 17.5 Å². The van der Waals surface area contributed by atoms with Crippen LogP contribution in [0, 0.1) is 5.41 Å². The van der Waals surface area contributed by atoms with E-state index >= 15 is 0 Å². The van der Waals surface area contributed by atoms with Crippen LogP contribution in [0.5, 0.6) is 5.75 Å². The topological polar surface area (TPSA) is 140 Å². The maximum Gasteiger partial charge on any atom is 0.151 e. The number of anilines is 2. The largest absolute Gasteiger partial charge is 0.486 e. The molecule has 5 N–H and O–H groups in total. The number of pyridine rings is 2. The van der Waals surface area contributed by atoms with Gasteiger partial charge < -0.3 is 21.1 Å². The maximum atomic E-state index is 8.72. The monoisotopic (exact) mass is 548 g/mol. The average Bonchev–Trinajstić information content (AvgIpc) is 2.88. The number of nitrogens with zero attached hydrogens (tertiary/aromatic N) is 5. The van der Waals surface area contributed by atoms with Crippen LogP contribution in [-0.4, -0.2) is 44.5 Å². The van der Waals surface area contributed by atoms with E-state index in [4.69, 9.17) is 44.8 Å². The van der Waals surface area contributed by atoms with Crippen LogP contribution in [0.25, 0.3) is 0 Å². The minimum Gasteiger partial charge on any atom is -0.486 e.